The molecule has 3 nitrogen and oxygen atoms in total. The maximum atomic E-state index is 10.5. The smallest absolute Gasteiger partial charge is 0.189 e. The second-order valence-corrected chi connectivity index (χ2v) is 5.91. The third-order valence-corrected chi connectivity index (χ3v) is 4.27. The van der Waals surface area contributed by atoms with Crippen molar-refractivity contribution in [1.82, 2.24) is 5.32 Å². The van der Waals surface area contributed by atoms with Crippen LogP contribution >= 0.6 is 12.4 Å². The van der Waals surface area contributed by atoms with Crippen molar-refractivity contribution < 1.29 is 9.84 Å². The van der Waals surface area contributed by atoms with E-state index in [0.29, 0.717) is 18.9 Å². The molecule has 2 N–H and O–H groups in total. The minimum atomic E-state index is -1.14. The number of rotatable bonds is 4. The van der Waals surface area contributed by atoms with Crippen molar-refractivity contribution >= 4 is 18.0 Å². The molecule has 0 radical (unpaired) electrons. The Morgan fingerprint density at radius 3 is 2.55 bits per heavy atom. The standard InChI is InChI=1S/C18H23NO2.ClH/c20-18(21-14-15-8-12-19-13-9-15)10-6-17(7-11-18)16-4-2-1-3-5-16;/h1-7,10,15,19-20H,8-9,11-14H2;1H. The fourth-order valence-corrected chi connectivity index (χ4v) is 2.87. The molecule has 4 heteroatoms. The fourth-order valence-electron chi connectivity index (χ4n) is 2.87. The van der Waals surface area contributed by atoms with Gasteiger partial charge in [0.05, 0.1) is 6.61 Å². The van der Waals surface area contributed by atoms with Crippen LogP contribution in [0.4, 0.5) is 0 Å². The topological polar surface area (TPSA) is 41.5 Å². The second kappa shape index (κ2) is 7.93. The average Bonchev–Trinajstić information content (AvgIpc) is 2.56. The van der Waals surface area contributed by atoms with Gasteiger partial charge in [-0.25, -0.2) is 0 Å². The highest BCUT2D eigenvalue weighted by atomic mass is 35.5. The van der Waals surface area contributed by atoms with Gasteiger partial charge in [-0.1, -0.05) is 42.5 Å². The molecule has 1 atom stereocenters. The number of hydrogen-bond donors (Lipinski definition) is 2. The molecule has 1 fully saturated rings. The van der Waals surface area contributed by atoms with Crippen molar-refractivity contribution in [3.8, 4) is 0 Å². The van der Waals surface area contributed by atoms with Crippen LogP contribution in [0.5, 0.6) is 0 Å². The molecular formula is C18H24ClNO2. The lowest BCUT2D eigenvalue weighted by molar-refractivity contribution is -0.173. The first-order valence-corrected chi connectivity index (χ1v) is 7.77. The molecule has 1 saturated heterocycles. The zero-order valence-corrected chi connectivity index (χ0v) is 13.5. The molecule has 1 aliphatic carbocycles. The van der Waals surface area contributed by atoms with Crippen molar-refractivity contribution in [3.05, 3.63) is 54.1 Å². The molecule has 120 valence electrons. The molecule has 1 heterocycles. The van der Waals surface area contributed by atoms with Gasteiger partial charge in [0, 0.05) is 6.42 Å². The van der Waals surface area contributed by atoms with Gasteiger partial charge in [0.1, 0.15) is 0 Å². The Kier molecular flexibility index (Phi) is 6.21. The number of benzene rings is 1. The van der Waals surface area contributed by atoms with Crippen LogP contribution in [-0.4, -0.2) is 30.6 Å². The Labute approximate surface area is 138 Å². The number of hydrogen-bond acceptors (Lipinski definition) is 3. The first kappa shape index (κ1) is 17.2. The minimum absolute atomic E-state index is 0. The monoisotopic (exact) mass is 321 g/mol. The Balaban J connectivity index is 0.00000176. The summed E-state index contributed by atoms with van der Waals surface area (Å²) in [4.78, 5) is 0. The van der Waals surface area contributed by atoms with Gasteiger partial charge in [0.15, 0.2) is 5.79 Å². The quantitative estimate of drug-likeness (QED) is 0.837. The normalized spacial score (nSPS) is 25.4. The van der Waals surface area contributed by atoms with E-state index in [0.717, 1.165) is 31.5 Å². The van der Waals surface area contributed by atoms with E-state index in [9.17, 15) is 5.11 Å². The summed E-state index contributed by atoms with van der Waals surface area (Å²) in [6.45, 7) is 2.75. The summed E-state index contributed by atoms with van der Waals surface area (Å²) in [6, 6.07) is 10.2. The lowest BCUT2D eigenvalue weighted by Crippen LogP contribution is -2.36. The van der Waals surface area contributed by atoms with E-state index < -0.39 is 5.79 Å². The first-order chi connectivity index (χ1) is 10.3. The molecule has 0 saturated carbocycles. The van der Waals surface area contributed by atoms with Gasteiger partial charge in [-0.3, -0.25) is 0 Å². The van der Waals surface area contributed by atoms with E-state index >= 15 is 0 Å². The van der Waals surface area contributed by atoms with Crippen LogP contribution in [-0.2, 0) is 4.74 Å². The summed E-state index contributed by atoms with van der Waals surface area (Å²) in [7, 11) is 0. The highest BCUT2D eigenvalue weighted by molar-refractivity contribution is 5.85. The predicted octanol–water partition coefficient (Wildman–Crippen LogP) is 3.16. The van der Waals surface area contributed by atoms with Crippen molar-refractivity contribution in [2.75, 3.05) is 19.7 Å². The van der Waals surface area contributed by atoms with Crippen molar-refractivity contribution in [1.29, 1.82) is 0 Å². The molecule has 2 aliphatic rings. The molecule has 1 unspecified atom stereocenters. The van der Waals surface area contributed by atoms with E-state index in [1.165, 1.54) is 5.56 Å². The fraction of sp³-hybridized carbons (Fsp3) is 0.444. The number of halogens is 1. The third-order valence-electron chi connectivity index (χ3n) is 4.27. The lowest BCUT2D eigenvalue weighted by Gasteiger charge is -2.30. The summed E-state index contributed by atoms with van der Waals surface area (Å²) in [5.41, 5.74) is 2.32. The molecule has 0 amide bonds. The molecule has 22 heavy (non-hydrogen) atoms. The van der Waals surface area contributed by atoms with Gasteiger partial charge in [-0.2, -0.15) is 0 Å². The van der Waals surface area contributed by atoms with Crippen molar-refractivity contribution in [2.45, 2.75) is 25.0 Å². The summed E-state index contributed by atoms with van der Waals surface area (Å²) in [5.74, 6) is -0.577. The first-order valence-electron chi connectivity index (χ1n) is 7.77. The Morgan fingerprint density at radius 1 is 1.18 bits per heavy atom. The van der Waals surface area contributed by atoms with Crippen LogP contribution in [0.25, 0.3) is 5.57 Å². The largest absolute Gasteiger partial charge is 0.362 e. The molecule has 1 aromatic rings. The Morgan fingerprint density at radius 2 is 1.91 bits per heavy atom. The van der Waals surface area contributed by atoms with E-state index in [-0.39, 0.29) is 12.4 Å². The summed E-state index contributed by atoms with van der Waals surface area (Å²) in [6.07, 6.45) is 8.57. The highest BCUT2D eigenvalue weighted by Crippen LogP contribution is 2.28. The van der Waals surface area contributed by atoms with Crippen LogP contribution in [0.15, 0.2) is 48.6 Å². The van der Waals surface area contributed by atoms with Gasteiger partial charge in [0.2, 0.25) is 0 Å². The molecule has 1 aromatic carbocycles. The third kappa shape index (κ3) is 4.43. The molecule has 3 rings (SSSR count). The van der Waals surface area contributed by atoms with E-state index in [1.54, 1.807) is 6.08 Å². The second-order valence-electron chi connectivity index (χ2n) is 5.91. The maximum absolute atomic E-state index is 10.5. The zero-order chi connectivity index (χ0) is 14.5. The molecule has 1 aliphatic heterocycles. The highest BCUT2D eigenvalue weighted by Gasteiger charge is 2.27. The SMILES string of the molecule is Cl.OC1(OCC2CCNCC2)C=CC(c2ccccc2)=CC1. The van der Waals surface area contributed by atoms with Gasteiger partial charge >= 0.3 is 0 Å². The summed E-state index contributed by atoms with van der Waals surface area (Å²) >= 11 is 0. The van der Waals surface area contributed by atoms with Crippen LogP contribution in [0.3, 0.4) is 0 Å². The summed E-state index contributed by atoms with van der Waals surface area (Å²) in [5, 5.41) is 13.8. The number of nitrogens with one attached hydrogen (secondary N) is 1. The van der Waals surface area contributed by atoms with Crippen LogP contribution < -0.4 is 5.32 Å². The van der Waals surface area contributed by atoms with Crippen molar-refractivity contribution in [3.63, 3.8) is 0 Å². The van der Waals surface area contributed by atoms with Gasteiger partial charge in [0.25, 0.3) is 0 Å². The Hall–Kier alpha value is -1.13. The van der Waals surface area contributed by atoms with E-state index in [2.05, 4.69) is 23.5 Å². The predicted molar refractivity (Wildman–Crippen MR) is 91.9 cm³/mol. The maximum Gasteiger partial charge on any atom is 0.189 e. The zero-order valence-electron chi connectivity index (χ0n) is 12.7. The van der Waals surface area contributed by atoms with Gasteiger partial charge in [-0.05, 0) is 49.1 Å². The molecule has 0 bridgehead atoms. The minimum Gasteiger partial charge on any atom is -0.362 e. The van der Waals surface area contributed by atoms with Gasteiger partial charge in [-0.15, -0.1) is 12.4 Å². The van der Waals surface area contributed by atoms with Crippen LogP contribution in [0.1, 0.15) is 24.8 Å². The number of aliphatic hydroxyl groups is 1. The number of piperidine rings is 1. The van der Waals surface area contributed by atoms with Crippen molar-refractivity contribution in [2.24, 2.45) is 5.92 Å². The van der Waals surface area contributed by atoms with Gasteiger partial charge < -0.3 is 15.2 Å². The Bertz CT molecular complexity index is 523. The average molecular weight is 322 g/mol. The number of allylic oxidation sites excluding steroid dienone is 2. The molecular weight excluding hydrogens is 298 g/mol. The molecule has 0 aromatic heterocycles. The van der Waals surface area contributed by atoms with Crippen LogP contribution in [0.2, 0.25) is 0 Å². The van der Waals surface area contributed by atoms with E-state index in [4.69, 9.17) is 4.74 Å². The summed E-state index contributed by atoms with van der Waals surface area (Å²) < 4.78 is 5.79. The molecule has 0 spiro atoms. The number of ether oxygens (including phenoxy) is 1. The van der Waals surface area contributed by atoms with Crippen LogP contribution in [0, 0.1) is 5.92 Å². The lowest BCUT2D eigenvalue weighted by atomic mass is 9.96. The van der Waals surface area contributed by atoms with E-state index in [1.807, 2.05) is 24.3 Å².